The van der Waals surface area contributed by atoms with Gasteiger partial charge < -0.3 is 9.98 Å². The molecule has 1 heterocycles. The summed E-state index contributed by atoms with van der Waals surface area (Å²) in [7, 11) is 1.96. The summed E-state index contributed by atoms with van der Waals surface area (Å²) >= 11 is 0. The third kappa shape index (κ3) is 5.61. The maximum Gasteiger partial charge on any atom is 0.137 e. The topological polar surface area (TPSA) is 54.6 Å². The molecule has 0 saturated carbocycles. The normalized spacial score (nSPS) is 11.8. The van der Waals surface area contributed by atoms with Gasteiger partial charge in [-0.05, 0) is 12.3 Å². The lowest BCUT2D eigenvalue weighted by atomic mass is 9.91. The van der Waals surface area contributed by atoms with Crippen LogP contribution in [0.25, 0.3) is 0 Å². The van der Waals surface area contributed by atoms with Gasteiger partial charge in [0.25, 0.3) is 0 Å². The highest BCUT2D eigenvalue weighted by Gasteiger charge is 2.18. The van der Waals surface area contributed by atoms with E-state index in [-0.39, 0.29) is 10.8 Å². The van der Waals surface area contributed by atoms with Gasteiger partial charge in [0.2, 0.25) is 0 Å². The Hall–Kier alpha value is -1.19. The van der Waals surface area contributed by atoms with Gasteiger partial charge in [-0.1, -0.05) is 41.5 Å². The summed E-state index contributed by atoms with van der Waals surface area (Å²) in [5, 5.41) is 14.9. The smallest absolute Gasteiger partial charge is 0.137 e. The van der Waals surface area contributed by atoms with Crippen molar-refractivity contribution in [2.45, 2.75) is 53.9 Å². The summed E-state index contributed by atoms with van der Waals surface area (Å²) in [5.41, 5.74) is 0.929. The molecule has 0 aliphatic heterocycles. The molecule has 1 aromatic rings. The molecule has 4 nitrogen and oxygen atoms in total. The third-order valence-corrected chi connectivity index (χ3v) is 2.51. The number of hydrogen-bond donors (Lipinski definition) is 1. The molecule has 0 aromatic carbocycles. The van der Waals surface area contributed by atoms with Crippen LogP contribution in [0.5, 0.6) is 0 Å². The Morgan fingerprint density at radius 3 is 1.71 bits per heavy atom. The molecule has 0 amide bonds. The average Bonchev–Trinajstić information content (AvgIpc) is 2.49. The Labute approximate surface area is 105 Å². The Bertz CT molecular complexity index is 364. The van der Waals surface area contributed by atoms with E-state index in [0.29, 0.717) is 0 Å². The highest BCUT2D eigenvalue weighted by molar-refractivity contribution is 5.83. The Kier molecular flexibility index (Phi) is 5.05. The molecule has 4 heteroatoms. The van der Waals surface area contributed by atoms with E-state index >= 15 is 0 Å². The fourth-order valence-electron chi connectivity index (χ4n) is 0.962. The number of hydrogen-bond acceptors (Lipinski definition) is 3. The molecule has 0 unspecified atom stereocenters. The van der Waals surface area contributed by atoms with Gasteiger partial charge in [0.05, 0.1) is 0 Å². The molecule has 1 aromatic heterocycles. The van der Waals surface area contributed by atoms with Crippen LogP contribution in [0.2, 0.25) is 0 Å². The molecule has 98 valence electrons. The highest BCUT2D eigenvalue weighted by atomic mass is 15.3. The summed E-state index contributed by atoms with van der Waals surface area (Å²) < 4.78 is 1.94. The van der Waals surface area contributed by atoms with Crippen LogP contribution >= 0.6 is 0 Å². The summed E-state index contributed by atoms with van der Waals surface area (Å²) in [5.74, 6) is 1.02. The summed E-state index contributed by atoms with van der Waals surface area (Å²) in [6.07, 6.45) is 1.72. The van der Waals surface area contributed by atoms with Crippen LogP contribution in [-0.2, 0) is 12.5 Å². The predicted molar refractivity (Wildman–Crippen MR) is 72.6 cm³/mol. The summed E-state index contributed by atoms with van der Waals surface area (Å²) in [4.78, 5) is 0. The Morgan fingerprint density at radius 2 is 1.59 bits per heavy atom. The van der Waals surface area contributed by atoms with Crippen LogP contribution in [0.1, 0.15) is 54.3 Å². The van der Waals surface area contributed by atoms with Crippen molar-refractivity contribution in [2.24, 2.45) is 12.5 Å². The molecule has 1 rings (SSSR count). The van der Waals surface area contributed by atoms with Gasteiger partial charge in [-0.3, -0.25) is 0 Å². The van der Waals surface area contributed by atoms with Gasteiger partial charge in [0.15, 0.2) is 0 Å². The van der Waals surface area contributed by atoms with E-state index in [1.54, 1.807) is 6.33 Å². The molecular formula is C13H26N4. The van der Waals surface area contributed by atoms with E-state index in [2.05, 4.69) is 31.0 Å². The van der Waals surface area contributed by atoms with Gasteiger partial charge in [0, 0.05) is 18.2 Å². The SMILES string of the molecule is CC(=N)C(C)(C)C.Cn1cnnc1C(C)(C)C. The molecule has 0 spiro atoms. The van der Waals surface area contributed by atoms with E-state index in [0.717, 1.165) is 11.5 Å². The molecule has 1 N–H and O–H groups in total. The second kappa shape index (κ2) is 5.43. The lowest BCUT2D eigenvalue weighted by Gasteiger charge is -2.15. The van der Waals surface area contributed by atoms with E-state index in [1.165, 1.54) is 0 Å². The first-order valence-electron chi connectivity index (χ1n) is 5.86. The quantitative estimate of drug-likeness (QED) is 0.706. The first-order valence-corrected chi connectivity index (χ1v) is 5.86. The van der Waals surface area contributed by atoms with Crippen molar-refractivity contribution in [3.05, 3.63) is 12.2 Å². The van der Waals surface area contributed by atoms with Crippen molar-refractivity contribution in [2.75, 3.05) is 0 Å². The maximum atomic E-state index is 7.15. The third-order valence-electron chi connectivity index (χ3n) is 2.51. The zero-order chi connectivity index (χ0) is 13.9. The number of aromatic nitrogens is 3. The molecule has 0 atom stereocenters. The number of nitrogens with zero attached hydrogens (tertiary/aromatic N) is 3. The van der Waals surface area contributed by atoms with Crippen LogP contribution in [0.15, 0.2) is 6.33 Å². The van der Waals surface area contributed by atoms with Crippen LogP contribution in [-0.4, -0.2) is 20.5 Å². The minimum atomic E-state index is 0.0833. The lowest BCUT2D eigenvalue weighted by Crippen LogP contribution is -2.17. The second-order valence-electron chi connectivity index (χ2n) is 6.39. The molecule has 0 aliphatic rings. The highest BCUT2D eigenvalue weighted by Crippen LogP contribution is 2.17. The van der Waals surface area contributed by atoms with Crippen LogP contribution in [0, 0.1) is 10.8 Å². The van der Waals surface area contributed by atoms with E-state index in [4.69, 9.17) is 5.41 Å². The van der Waals surface area contributed by atoms with Crippen molar-refractivity contribution >= 4 is 5.71 Å². The Balaban J connectivity index is 0.000000325. The number of nitrogens with one attached hydrogen (secondary N) is 1. The second-order valence-corrected chi connectivity index (χ2v) is 6.39. The minimum absolute atomic E-state index is 0.0833. The fourth-order valence-corrected chi connectivity index (χ4v) is 0.962. The minimum Gasteiger partial charge on any atom is -0.320 e. The largest absolute Gasteiger partial charge is 0.320 e. The molecule has 0 saturated heterocycles. The summed E-state index contributed by atoms with van der Waals surface area (Å²) in [6, 6.07) is 0. The van der Waals surface area contributed by atoms with Gasteiger partial charge in [-0.25, -0.2) is 0 Å². The number of aryl methyl sites for hydroxylation is 1. The van der Waals surface area contributed by atoms with Crippen molar-refractivity contribution in [1.29, 1.82) is 5.41 Å². The van der Waals surface area contributed by atoms with Crippen molar-refractivity contribution in [1.82, 2.24) is 14.8 Å². The first-order chi connectivity index (χ1) is 7.46. The molecule has 0 radical (unpaired) electrons. The molecule has 0 aliphatic carbocycles. The average molecular weight is 238 g/mol. The number of rotatable bonds is 0. The zero-order valence-corrected chi connectivity index (χ0v) is 12.4. The van der Waals surface area contributed by atoms with Gasteiger partial charge in [-0.2, -0.15) is 0 Å². The molecule has 17 heavy (non-hydrogen) atoms. The molecule has 0 fully saturated rings. The van der Waals surface area contributed by atoms with Crippen LogP contribution in [0.3, 0.4) is 0 Å². The summed E-state index contributed by atoms with van der Waals surface area (Å²) in [6.45, 7) is 14.3. The van der Waals surface area contributed by atoms with Crippen molar-refractivity contribution in [3.63, 3.8) is 0 Å². The standard InChI is InChI=1S/C7H13N3.C6H13N/c1-7(2,3)6-9-8-5-10(6)4;1-5(7)6(2,3)4/h5H,1-4H3;7H,1-4H3. The van der Waals surface area contributed by atoms with E-state index < -0.39 is 0 Å². The van der Waals surface area contributed by atoms with Crippen LogP contribution < -0.4 is 0 Å². The van der Waals surface area contributed by atoms with Gasteiger partial charge in [0.1, 0.15) is 12.2 Å². The molecular weight excluding hydrogens is 212 g/mol. The van der Waals surface area contributed by atoms with Gasteiger partial charge >= 0.3 is 0 Å². The fraction of sp³-hybridized carbons (Fsp3) is 0.769. The predicted octanol–water partition coefficient (Wildman–Crippen LogP) is 3.18. The van der Waals surface area contributed by atoms with Crippen molar-refractivity contribution < 1.29 is 0 Å². The Morgan fingerprint density at radius 1 is 1.18 bits per heavy atom. The maximum absolute atomic E-state index is 7.15. The van der Waals surface area contributed by atoms with E-state index in [1.807, 2.05) is 39.3 Å². The van der Waals surface area contributed by atoms with Crippen molar-refractivity contribution in [3.8, 4) is 0 Å². The van der Waals surface area contributed by atoms with E-state index in [9.17, 15) is 0 Å². The lowest BCUT2D eigenvalue weighted by molar-refractivity contribution is 0.520. The monoisotopic (exact) mass is 238 g/mol. The molecule has 0 bridgehead atoms. The zero-order valence-electron chi connectivity index (χ0n) is 12.4. The van der Waals surface area contributed by atoms with Gasteiger partial charge in [-0.15, -0.1) is 10.2 Å². The first kappa shape index (κ1) is 15.8. The van der Waals surface area contributed by atoms with Crippen LogP contribution in [0.4, 0.5) is 0 Å².